The molecule has 6 nitrogen and oxygen atoms in total. The van der Waals surface area contributed by atoms with Gasteiger partial charge in [-0.15, -0.1) is 0 Å². The summed E-state index contributed by atoms with van der Waals surface area (Å²) in [6.45, 7) is 2.11. The SMILES string of the molecule is CCONc1nc(Cl)ccc1[N+](=O)[O-]. The van der Waals surface area contributed by atoms with Crippen LogP contribution in [-0.2, 0) is 4.84 Å². The second-order valence-corrected chi connectivity index (χ2v) is 2.68. The van der Waals surface area contributed by atoms with Crippen LogP contribution in [0.5, 0.6) is 0 Å². The molecule has 0 spiro atoms. The summed E-state index contributed by atoms with van der Waals surface area (Å²) in [4.78, 5) is 18.5. The molecule has 1 aromatic rings. The van der Waals surface area contributed by atoms with Crippen molar-refractivity contribution in [3.8, 4) is 0 Å². The van der Waals surface area contributed by atoms with Crippen molar-refractivity contribution in [2.24, 2.45) is 0 Å². The predicted octanol–water partition coefficient (Wildman–Crippen LogP) is 2.01. The molecule has 0 radical (unpaired) electrons. The van der Waals surface area contributed by atoms with Crippen molar-refractivity contribution in [1.82, 2.24) is 4.98 Å². The van der Waals surface area contributed by atoms with Crippen LogP contribution in [0.15, 0.2) is 12.1 Å². The summed E-state index contributed by atoms with van der Waals surface area (Å²) in [5.41, 5.74) is 2.17. The van der Waals surface area contributed by atoms with Gasteiger partial charge in [-0.2, -0.15) is 0 Å². The second-order valence-electron chi connectivity index (χ2n) is 2.29. The molecule has 0 aromatic carbocycles. The van der Waals surface area contributed by atoms with Gasteiger partial charge in [0.2, 0.25) is 5.82 Å². The van der Waals surface area contributed by atoms with Gasteiger partial charge in [-0.3, -0.25) is 15.0 Å². The maximum Gasteiger partial charge on any atom is 0.313 e. The third-order valence-electron chi connectivity index (χ3n) is 1.35. The predicted molar refractivity (Wildman–Crippen MR) is 51.2 cm³/mol. The average molecular weight is 218 g/mol. The lowest BCUT2D eigenvalue weighted by molar-refractivity contribution is -0.384. The van der Waals surface area contributed by atoms with Crippen LogP contribution in [0.1, 0.15) is 6.92 Å². The van der Waals surface area contributed by atoms with E-state index in [0.717, 1.165) is 0 Å². The van der Waals surface area contributed by atoms with Gasteiger partial charge in [0.1, 0.15) is 5.15 Å². The lowest BCUT2D eigenvalue weighted by Gasteiger charge is -2.04. The van der Waals surface area contributed by atoms with Gasteiger partial charge in [0.05, 0.1) is 11.5 Å². The number of anilines is 1. The van der Waals surface area contributed by atoms with Gasteiger partial charge in [-0.05, 0) is 13.0 Å². The Morgan fingerprint density at radius 1 is 1.71 bits per heavy atom. The van der Waals surface area contributed by atoms with E-state index in [2.05, 4.69) is 10.5 Å². The molecule has 1 rings (SSSR count). The lowest BCUT2D eigenvalue weighted by Crippen LogP contribution is -2.05. The Bertz CT molecular complexity index is 345. The molecule has 1 heterocycles. The molecule has 1 N–H and O–H groups in total. The van der Waals surface area contributed by atoms with Crippen molar-refractivity contribution in [3.05, 3.63) is 27.4 Å². The lowest BCUT2D eigenvalue weighted by atomic mass is 10.4. The van der Waals surface area contributed by atoms with E-state index in [1.807, 2.05) is 0 Å². The molecule has 0 atom stereocenters. The highest BCUT2D eigenvalue weighted by Crippen LogP contribution is 2.23. The largest absolute Gasteiger partial charge is 0.313 e. The molecule has 0 bridgehead atoms. The molecule has 0 aliphatic carbocycles. The van der Waals surface area contributed by atoms with Crippen LogP contribution in [0.4, 0.5) is 11.5 Å². The summed E-state index contributed by atoms with van der Waals surface area (Å²) in [5, 5.41) is 10.7. The van der Waals surface area contributed by atoms with Gasteiger partial charge in [0, 0.05) is 6.07 Å². The van der Waals surface area contributed by atoms with Gasteiger partial charge >= 0.3 is 5.69 Å². The molecule has 14 heavy (non-hydrogen) atoms. The van der Waals surface area contributed by atoms with E-state index in [9.17, 15) is 10.1 Å². The molecular formula is C7H8ClN3O3. The van der Waals surface area contributed by atoms with Crippen LogP contribution in [-0.4, -0.2) is 16.5 Å². The van der Waals surface area contributed by atoms with Gasteiger partial charge in [-0.25, -0.2) is 10.5 Å². The summed E-state index contributed by atoms with van der Waals surface area (Å²) >= 11 is 5.57. The van der Waals surface area contributed by atoms with Crippen LogP contribution < -0.4 is 5.48 Å². The number of halogens is 1. The Labute approximate surface area is 85.0 Å². The molecule has 0 amide bonds. The third kappa shape index (κ3) is 2.54. The van der Waals surface area contributed by atoms with Crippen LogP contribution in [0, 0.1) is 10.1 Å². The molecule has 0 fully saturated rings. The highest BCUT2D eigenvalue weighted by atomic mass is 35.5. The smallest absolute Gasteiger partial charge is 0.275 e. The molecule has 0 aliphatic heterocycles. The fourth-order valence-corrected chi connectivity index (χ4v) is 0.938. The maximum absolute atomic E-state index is 10.5. The van der Waals surface area contributed by atoms with Crippen molar-refractivity contribution in [3.63, 3.8) is 0 Å². The molecule has 0 saturated carbocycles. The maximum atomic E-state index is 10.5. The van der Waals surface area contributed by atoms with Crippen molar-refractivity contribution >= 4 is 23.1 Å². The Balaban J connectivity index is 2.97. The molecule has 76 valence electrons. The molecule has 0 unspecified atom stereocenters. The highest BCUT2D eigenvalue weighted by Gasteiger charge is 2.15. The van der Waals surface area contributed by atoms with Crippen LogP contribution in [0.25, 0.3) is 0 Å². The zero-order chi connectivity index (χ0) is 10.6. The Morgan fingerprint density at radius 3 is 3.00 bits per heavy atom. The molecular weight excluding hydrogens is 210 g/mol. The quantitative estimate of drug-likeness (QED) is 0.474. The molecule has 0 aliphatic rings. The number of pyridine rings is 1. The number of nitro groups is 1. The number of nitrogens with one attached hydrogen (secondary N) is 1. The van der Waals surface area contributed by atoms with Crippen molar-refractivity contribution in [2.45, 2.75) is 6.92 Å². The standard InChI is InChI=1S/C7H8ClN3O3/c1-2-14-10-7-5(11(12)13)3-4-6(8)9-7/h3-4H,2H2,1H3,(H,9,10). The number of hydrogen-bond acceptors (Lipinski definition) is 5. The van der Waals surface area contributed by atoms with E-state index in [-0.39, 0.29) is 16.7 Å². The van der Waals surface area contributed by atoms with Crippen molar-refractivity contribution in [2.75, 3.05) is 12.1 Å². The van der Waals surface area contributed by atoms with Gasteiger partial charge in [-0.1, -0.05) is 11.6 Å². The summed E-state index contributed by atoms with van der Waals surface area (Å²) < 4.78 is 0. The molecule has 7 heteroatoms. The van der Waals surface area contributed by atoms with Gasteiger partial charge in [0.25, 0.3) is 0 Å². The average Bonchev–Trinajstić information content (AvgIpc) is 2.14. The monoisotopic (exact) mass is 217 g/mol. The van der Waals surface area contributed by atoms with E-state index < -0.39 is 4.92 Å². The third-order valence-corrected chi connectivity index (χ3v) is 1.56. The Morgan fingerprint density at radius 2 is 2.43 bits per heavy atom. The van der Waals surface area contributed by atoms with Crippen molar-refractivity contribution < 1.29 is 9.76 Å². The van der Waals surface area contributed by atoms with Gasteiger partial charge in [0.15, 0.2) is 0 Å². The van der Waals surface area contributed by atoms with Gasteiger partial charge < -0.3 is 0 Å². The molecule has 0 saturated heterocycles. The Hall–Kier alpha value is -1.40. The summed E-state index contributed by atoms with van der Waals surface area (Å²) in [5.74, 6) is 0.00403. The number of hydrogen-bond donors (Lipinski definition) is 1. The van der Waals surface area contributed by atoms with Crippen molar-refractivity contribution in [1.29, 1.82) is 0 Å². The van der Waals surface area contributed by atoms with Crippen LogP contribution in [0.2, 0.25) is 5.15 Å². The minimum absolute atomic E-state index is 0.00403. The fraction of sp³-hybridized carbons (Fsp3) is 0.286. The topological polar surface area (TPSA) is 77.3 Å². The van der Waals surface area contributed by atoms with E-state index in [1.54, 1.807) is 6.92 Å². The first-order valence-electron chi connectivity index (χ1n) is 3.84. The number of aromatic nitrogens is 1. The molecule has 1 aromatic heterocycles. The summed E-state index contributed by atoms with van der Waals surface area (Å²) in [6.07, 6.45) is 0. The second kappa shape index (κ2) is 4.73. The normalized spacial score (nSPS) is 9.86. The zero-order valence-corrected chi connectivity index (χ0v) is 8.11. The Kier molecular flexibility index (Phi) is 3.61. The number of rotatable bonds is 4. The van der Waals surface area contributed by atoms with E-state index in [1.165, 1.54) is 12.1 Å². The minimum atomic E-state index is -0.565. The van der Waals surface area contributed by atoms with Crippen LogP contribution >= 0.6 is 11.6 Å². The highest BCUT2D eigenvalue weighted by molar-refractivity contribution is 6.29. The fourth-order valence-electron chi connectivity index (χ4n) is 0.791. The summed E-state index contributed by atoms with van der Waals surface area (Å²) in [6, 6.07) is 2.60. The van der Waals surface area contributed by atoms with E-state index in [0.29, 0.717) is 6.61 Å². The summed E-state index contributed by atoms with van der Waals surface area (Å²) in [7, 11) is 0. The first kappa shape index (κ1) is 10.7. The van der Waals surface area contributed by atoms with E-state index in [4.69, 9.17) is 16.4 Å². The first-order chi connectivity index (χ1) is 6.65. The number of nitrogens with zero attached hydrogens (tertiary/aromatic N) is 2. The van der Waals surface area contributed by atoms with Crippen LogP contribution in [0.3, 0.4) is 0 Å². The zero-order valence-electron chi connectivity index (χ0n) is 7.36. The van der Waals surface area contributed by atoms with E-state index >= 15 is 0 Å². The minimum Gasteiger partial charge on any atom is -0.275 e. The first-order valence-corrected chi connectivity index (χ1v) is 4.21.